The van der Waals surface area contributed by atoms with Crippen LogP contribution >= 0.6 is 11.8 Å². The van der Waals surface area contributed by atoms with Gasteiger partial charge in [0.15, 0.2) is 0 Å². The number of halogens is 3. The lowest BCUT2D eigenvalue weighted by molar-refractivity contribution is -0.137. The van der Waals surface area contributed by atoms with Crippen molar-refractivity contribution in [2.45, 2.75) is 50.0 Å². The fraction of sp³-hybridized carbons (Fsp3) is 0.400. The van der Waals surface area contributed by atoms with E-state index < -0.39 is 47.6 Å². The molecule has 11 heteroatoms. The molecule has 0 aliphatic rings. The molecule has 0 bridgehead atoms. The highest BCUT2D eigenvalue weighted by Gasteiger charge is 2.31. The van der Waals surface area contributed by atoms with Gasteiger partial charge in [-0.3, -0.25) is 14.4 Å². The van der Waals surface area contributed by atoms with E-state index in [0.717, 1.165) is 22.6 Å². The molecule has 2 aromatic carbocycles. The smallest absolute Gasteiger partial charge is 0.350 e. The molecule has 196 valence electrons. The number of alkyl halides is 3. The van der Waals surface area contributed by atoms with Crippen molar-refractivity contribution >= 4 is 29.5 Å². The van der Waals surface area contributed by atoms with E-state index in [2.05, 4.69) is 21.3 Å². The number of amides is 3. The lowest BCUT2D eigenvalue weighted by atomic mass is 10.1. The van der Waals surface area contributed by atoms with Crippen LogP contribution in [0.15, 0.2) is 53.4 Å². The highest BCUT2D eigenvalue weighted by atomic mass is 32.2. The zero-order chi connectivity index (χ0) is 26.9. The first-order chi connectivity index (χ1) is 16.8. The van der Waals surface area contributed by atoms with Crippen molar-refractivity contribution in [3.8, 4) is 0 Å². The number of nitrogens with one attached hydrogen (secondary N) is 4. The lowest BCUT2D eigenvalue weighted by Crippen LogP contribution is -2.56. The highest BCUT2D eigenvalue weighted by molar-refractivity contribution is 7.98. The Bertz CT molecular complexity index is 1050. The van der Waals surface area contributed by atoms with Gasteiger partial charge in [-0.1, -0.05) is 18.2 Å². The molecular weight excluding hydrogens is 493 g/mol. The molecule has 0 saturated carbocycles. The van der Waals surface area contributed by atoms with E-state index in [1.54, 1.807) is 32.5 Å². The molecule has 0 aliphatic heterocycles. The van der Waals surface area contributed by atoms with Crippen LogP contribution in [0.4, 0.5) is 13.2 Å². The first-order valence-electron chi connectivity index (χ1n) is 11.2. The van der Waals surface area contributed by atoms with Crippen LogP contribution in [-0.2, 0) is 22.3 Å². The van der Waals surface area contributed by atoms with Gasteiger partial charge in [-0.2, -0.15) is 13.2 Å². The summed E-state index contributed by atoms with van der Waals surface area (Å²) in [5.41, 5.74) is -0.727. The molecule has 0 radical (unpaired) electrons. The number of carbonyl (C=O) groups is 3. The predicted octanol–water partition coefficient (Wildman–Crippen LogP) is 3.35. The SMILES string of the molecule is CSc1ccc(CNC[C@H](NC(=O)CNC(=O)c2cccc(C(F)(F)F)c2)C(=O)NC(C)(C)C)cc1. The molecule has 3 amide bonds. The van der Waals surface area contributed by atoms with Crippen LogP contribution in [0.1, 0.15) is 42.3 Å². The summed E-state index contributed by atoms with van der Waals surface area (Å²) in [5.74, 6) is -1.90. The molecule has 4 N–H and O–H groups in total. The number of hydrogen-bond donors (Lipinski definition) is 4. The van der Waals surface area contributed by atoms with Crippen LogP contribution in [-0.4, -0.2) is 48.6 Å². The maximum atomic E-state index is 12.9. The third kappa shape index (κ3) is 9.90. The molecular formula is C25H31F3N4O3S. The van der Waals surface area contributed by atoms with E-state index in [4.69, 9.17) is 0 Å². The molecule has 2 aromatic rings. The van der Waals surface area contributed by atoms with Crippen molar-refractivity contribution in [2.24, 2.45) is 0 Å². The molecule has 0 unspecified atom stereocenters. The Hall–Kier alpha value is -3.05. The van der Waals surface area contributed by atoms with Gasteiger partial charge in [0.25, 0.3) is 5.91 Å². The first kappa shape index (κ1) is 29.2. The second kappa shape index (κ2) is 12.8. The summed E-state index contributed by atoms with van der Waals surface area (Å²) in [4.78, 5) is 38.6. The third-order valence-electron chi connectivity index (χ3n) is 4.85. The molecule has 7 nitrogen and oxygen atoms in total. The molecule has 0 heterocycles. The monoisotopic (exact) mass is 524 g/mol. The fourth-order valence-electron chi connectivity index (χ4n) is 3.11. The number of benzene rings is 2. The Balaban J connectivity index is 1.97. The number of carbonyl (C=O) groups excluding carboxylic acids is 3. The van der Waals surface area contributed by atoms with Gasteiger partial charge in [0.2, 0.25) is 11.8 Å². The van der Waals surface area contributed by atoms with E-state index in [1.165, 1.54) is 6.07 Å². The normalized spacial score (nSPS) is 12.5. The van der Waals surface area contributed by atoms with Crippen LogP contribution in [0.5, 0.6) is 0 Å². The summed E-state index contributed by atoms with van der Waals surface area (Å²) in [6, 6.07) is 10.9. The van der Waals surface area contributed by atoms with Crippen molar-refractivity contribution in [3.63, 3.8) is 0 Å². The van der Waals surface area contributed by atoms with E-state index in [0.29, 0.717) is 12.6 Å². The van der Waals surface area contributed by atoms with Gasteiger partial charge in [0, 0.05) is 29.1 Å². The van der Waals surface area contributed by atoms with Crippen molar-refractivity contribution in [1.82, 2.24) is 21.3 Å². The van der Waals surface area contributed by atoms with Crippen molar-refractivity contribution in [1.29, 1.82) is 0 Å². The number of hydrogen-bond acceptors (Lipinski definition) is 5. The van der Waals surface area contributed by atoms with Gasteiger partial charge in [-0.25, -0.2) is 0 Å². The minimum absolute atomic E-state index is 0.125. The summed E-state index contributed by atoms with van der Waals surface area (Å²) in [7, 11) is 0. The zero-order valence-electron chi connectivity index (χ0n) is 20.6. The molecule has 0 aliphatic carbocycles. The Labute approximate surface area is 213 Å². The van der Waals surface area contributed by atoms with E-state index in [9.17, 15) is 27.6 Å². The van der Waals surface area contributed by atoms with E-state index in [1.807, 2.05) is 30.5 Å². The summed E-state index contributed by atoms with van der Waals surface area (Å²) in [5, 5.41) is 10.8. The highest BCUT2D eigenvalue weighted by Crippen LogP contribution is 2.29. The first-order valence-corrected chi connectivity index (χ1v) is 12.4. The largest absolute Gasteiger partial charge is 0.416 e. The van der Waals surface area contributed by atoms with Gasteiger partial charge in [0.05, 0.1) is 12.1 Å². The molecule has 2 rings (SSSR count). The van der Waals surface area contributed by atoms with Crippen LogP contribution in [0.2, 0.25) is 0 Å². The van der Waals surface area contributed by atoms with Crippen molar-refractivity contribution < 1.29 is 27.6 Å². The van der Waals surface area contributed by atoms with Crippen LogP contribution in [0.25, 0.3) is 0 Å². The molecule has 0 saturated heterocycles. The summed E-state index contributed by atoms with van der Waals surface area (Å²) < 4.78 is 38.7. The average Bonchev–Trinajstić information content (AvgIpc) is 2.80. The molecule has 36 heavy (non-hydrogen) atoms. The zero-order valence-corrected chi connectivity index (χ0v) is 21.4. The summed E-state index contributed by atoms with van der Waals surface area (Å²) in [6.07, 6.45) is -2.61. The van der Waals surface area contributed by atoms with Gasteiger partial charge in [-0.15, -0.1) is 11.8 Å². The number of rotatable bonds is 10. The van der Waals surface area contributed by atoms with Gasteiger partial charge >= 0.3 is 6.18 Å². The minimum Gasteiger partial charge on any atom is -0.350 e. The Morgan fingerprint density at radius 1 is 1.00 bits per heavy atom. The maximum Gasteiger partial charge on any atom is 0.416 e. The van der Waals surface area contributed by atoms with Gasteiger partial charge in [-0.05, 0) is 62.9 Å². The number of thioether (sulfide) groups is 1. The molecule has 0 fully saturated rings. The topological polar surface area (TPSA) is 99.3 Å². The Kier molecular flexibility index (Phi) is 10.4. The van der Waals surface area contributed by atoms with Gasteiger partial charge in [0.1, 0.15) is 6.04 Å². The second-order valence-electron chi connectivity index (χ2n) is 9.10. The maximum absolute atomic E-state index is 12.9. The van der Waals surface area contributed by atoms with Crippen LogP contribution in [0, 0.1) is 0 Å². The van der Waals surface area contributed by atoms with Crippen LogP contribution < -0.4 is 21.3 Å². The lowest BCUT2D eigenvalue weighted by Gasteiger charge is -2.26. The van der Waals surface area contributed by atoms with Crippen LogP contribution in [0.3, 0.4) is 0 Å². The Morgan fingerprint density at radius 3 is 2.25 bits per heavy atom. The quantitative estimate of drug-likeness (QED) is 0.358. The molecule has 0 spiro atoms. The average molecular weight is 525 g/mol. The third-order valence-corrected chi connectivity index (χ3v) is 5.59. The van der Waals surface area contributed by atoms with Crippen molar-refractivity contribution in [2.75, 3.05) is 19.3 Å². The standard InChI is InChI=1S/C25H31F3N4O3S/c1-24(2,3)32-23(35)20(14-29-13-16-8-10-19(36-4)11-9-16)31-21(33)15-30-22(34)17-6-5-7-18(12-17)25(26,27)28/h5-12,20,29H,13-15H2,1-4H3,(H,30,34)(H,31,33)(H,32,35)/t20-/m0/s1. The molecule has 1 atom stereocenters. The molecule has 0 aromatic heterocycles. The van der Waals surface area contributed by atoms with Crippen molar-refractivity contribution in [3.05, 3.63) is 65.2 Å². The predicted molar refractivity (Wildman–Crippen MR) is 134 cm³/mol. The Morgan fingerprint density at radius 2 is 1.67 bits per heavy atom. The summed E-state index contributed by atoms with van der Waals surface area (Å²) in [6.45, 7) is 5.50. The summed E-state index contributed by atoms with van der Waals surface area (Å²) >= 11 is 1.63. The fourth-order valence-corrected chi connectivity index (χ4v) is 3.52. The van der Waals surface area contributed by atoms with Gasteiger partial charge < -0.3 is 21.3 Å². The second-order valence-corrected chi connectivity index (χ2v) is 9.98. The van der Waals surface area contributed by atoms with E-state index in [-0.39, 0.29) is 12.1 Å². The van der Waals surface area contributed by atoms with E-state index >= 15 is 0 Å². The minimum atomic E-state index is -4.59.